The molecular weight excluding hydrogens is 210 g/mol. The van der Waals surface area contributed by atoms with Gasteiger partial charge in [0, 0.05) is 6.61 Å². The smallest absolute Gasteiger partial charge is 0.234 e. The molecule has 1 atom stereocenters. The van der Waals surface area contributed by atoms with Gasteiger partial charge in [-0.15, -0.1) is 0 Å². The monoisotopic (exact) mass is 227 g/mol. The molecule has 0 radical (unpaired) electrons. The van der Waals surface area contributed by atoms with Crippen molar-refractivity contribution in [2.24, 2.45) is 16.3 Å². The maximum absolute atomic E-state index is 12.1. The lowest BCUT2D eigenvalue weighted by Gasteiger charge is -2.39. The molecule has 1 aliphatic heterocycles. The number of carbonyl (C=O) groups is 1. The molecule has 2 rings (SSSR count). The van der Waals surface area contributed by atoms with Crippen LogP contribution in [-0.4, -0.2) is 36.2 Å². The lowest BCUT2D eigenvalue weighted by molar-refractivity contribution is -0.131. The summed E-state index contributed by atoms with van der Waals surface area (Å²) in [6, 6.07) is 0.0662. The van der Waals surface area contributed by atoms with Gasteiger partial charge in [0.15, 0.2) is 5.84 Å². The number of amidine groups is 1. The van der Waals surface area contributed by atoms with Crippen LogP contribution < -0.4 is 11.1 Å². The van der Waals surface area contributed by atoms with E-state index in [2.05, 4.69) is 10.5 Å². The van der Waals surface area contributed by atoms with Gasteiger partial charge in [0.1, 0.15) is 5.41 Å². The highest BCUT2D eigenvalue weighted by Crippen LogP contribution is 2.41. The minimum atomic E-state index is -0.780. The van der Waals surface area contributed by atoms with E-state index in [9.17, 15) is 4.79 Å². The van der Waals surface area contributed by atoms with E-state index in [0.29, 0.717) is 26.1 Å². The van der Waals surface area contributed by atoms with E-state index in [1.807, 2.05) is 0 Å². The van der Waals surface area contributed by atoms with Crippen LogP contribution in [0.25, 0.3) is 0 Å². The van der Waals surface area contributed by atoms with Gasteiger partial charge in [-0.2, -0.15) is 0 Å². The highest BCUT2D eigenvalue weighted by molar-refractivity contribution is 6.07. The number of nitrogens with zero attached hydrogens (tertiary/aromatic N) is 1. The molecule has 4 N–H and O–H groups in total. The Morgan fingerprint density at radius 1 is 1.56 bits per heavy atom. The quantitative estimate of drug-likeness (QED) is 0.269. The molecule has 6 heteroatoms. The third-order valence-corrected chi connectivity index (χ3v) is 3.50. The zero-order valence-electron chi connectivity index (χ0n) is 9.11. The van der Waals surface area contributed by atoms with E-state index in [0.717, 1.165) is 12.8 Å². The lowest BCUT2D eigenvalue weighted by Crippen LogP contribution is -2.56. The van der Waals surface area contributed by atoms with Crippen molar-refractivity contribution < 1.29 is 14.7 Å². The molecule has 2 fully saturated rings. The van der Waals surface area contributed by atoms with Gasteiger partial charge in [-0.05, 0) is 19.3 Å². The zero-order chi connectivity index (χ0) is 11.6. The van der Waals surface area contributed by atoms with Crippen LogP contribution in [0, 0.1) is 5.41 Å². The molecular formula is C10H17N3O3. The zero-order valence-corrected chi connectivity index (χ0v) is 9.11. The fraction of sp³-hybridized carbons (Fsp3) is 0.800. The summed E-state index contributed by atoms with van der Waals surface area (Å²) in [5.74, 6) is -0.111. The summed E-state index contributed by atoms with van der Waals surface area (Å²) in [7, 11) is 0. The number of nitrogens with two attached hydrogens (primary N) is 1. The van der Waals surface area contributed by atoms with Crippen LogP contribution in [0.2, 0.25) is 0 Å². The summed E-state index contributed by atoms with van der Waals surface area (Å²) in [5.41, 5.74) is 4.82. The van der Waals surface area contributed by atoms with Gasteiger partial charge in [0.05, 0.1) is 12.6 Å². The normalized spacial score (nSPS) is 28.5. The first-order valence-electron chi connectivity index (χ1n) is 5.56. The van der Waals surface area contributed by atoms with E-state index in [-0.39, 0.29) is 17.8 Å². The molecule has 1 saturated carbocycles. The molecule has 1 aliphatic carbocycles. The van der Waals surface area contributed by atoms with Crippen molar-refractivity contribution in [2.45, 2.75) is 31.7 Å². The van der Waals surface area contributed by atoms with Crippen LogP contribution in [0.15, 0.2) is 5.16 Å². The van der Waals surface area contributed by atoms with Crippen LogP contribution >= 0.6 is 0 Å². The minimum absolute atomic E-state index is 0.0233. The van der Waals surface area contributed by atoms with Gasteiger partial charge in [-0.3, -0.25) is 4.79 Å². The third kappa shape index (κ3) is 1.73. The van der Waals surface area contributed by atoms with Gasteiger partial charge in [-0.25, -0.2) is 0 Å². The first kappa shape index (κ1) is 11.2. The van der Waals surface area contributed by atoms with Crippen molar-refractivity contribution in [1.82, 2.24) is 5.32 Å². The average Bonchev–Trinajstić information content (AvgIpc) is 2.68. The second-order valence-electron chi connectivity index (χ2n) is 4.45. The van der Waals surface area contributed by atoms with Gasteiger partial charge in [-0.1, -0.05) is 11.6 Å². The van der Waals surface area contributed by atoms with E-state index in [4.69, 9.17) is 15.7 Å². The van der Waals surface area contributed by atoms with Crippen LogP contribution in [0.4, 0.5) is 0 Å². The Hall–Kier alpha value is -1.30. The van der Waals surface area contributed by atoms with Crippen LogP contribution in [0.5, 0.6) is 0 Å². The summed E-state index contributed by atoms with van der Waals surface area (Å²) in [5, 5.41) is 14.6. The van der Waals surface area contributed by atoms with E-state index in [1.165, 1.54) is 0 Å². The van der Waals surface area contributed by atoms with Crippen molar-refractivity contribution >= 4 is 11.7 Å². The largest absolute Gasteiger partial charge is 0.409 e. The molecule has 0 bridgehead atoms. The van der Waals surface area contributed by atoms with Crippen LogP contribution in [-0.2, 0) is 9.53 Å². The predicted octanol–water partition coefficient (Wildman–Crippen LogP) is -0.192. The molecule has 0 aromatic rings. The third-order valence-electron chi connectivity index (χ3n) is 3.50. The summed E-state index contributed by atoms with van der Waals surface area (Å²) in [6.45, 7) is 1.24. The van der Waals surface area contributed by atoms with Crippen LogP contribution in [0.3, 0.4) is 0 Å². The average molecular weight is 227 g/mol. The first-order valence-corrected chi connectivity index (χ1v) is 5.56. The topological polar surface area (TPSA) is 96.9 Å². The Labute approximate surface area is 93.8 Å². The second-order valence-corrected chi connectivity index (χ2v) is 4.45. The van der Waals surface area contributed by atoms with Crippen molar-refractivity contribution in [3.8, 4) is 0 Å². The number of nitrogens with one attached hydrogen (secondary N) is 1. The lowest BCUT2D eigenvalue weighted by atomic mass is 9.67. The van der Waals surface area contributed by atoms with Crippen molar-refractivity contribution in [3.63, 3.8) is 0 Å². The summed E-state index contributed by atoms with van der Waals surface area (Å²) in [6.07, 6.45) is 3.08. The Morgan fingerprint density at radius 3 is 2.75 bits per heavy atom. The molecule has 1 amide bonds. The van der Waals surface area contributed by atoms with E-state index >= 15 is 0 Å². The number of oxime groups is 1. The number of amides is 1. The molecule has 1 saturated heterocycles. The molecule has 1 heterocycles. The number of carbonyl (C=O) groups excluding carboxylic acids is 1. The Balaban J connectivity index is 2.01. The van der Waals surface area contributed by atoms with Gasteiger partial charge in [0.2, 0.25) is 5.91 Å². The Morgan fingerprint density at radius 2 is 2.31 bits per heavy atom. The van der Waals surface area contributed by atoms with E-state index < -0.39 is 5.41 Å². The van der Waals surface area contributed by atoms with Crippen LogP contribution in [0.1, 0.15) is 25.7 Å². The number of hydrogen-bond acceptors (Lipinski definition) is 4. The predicted molar refractivity (Wildman–Crippen MR) is 57.1 cm³/mol. The molecule has 0 aromatic heterocycles. The minimum Gasteiger partial charge on any atom is -0.409 e. The molecule has 1 unspecified atom stereocenters. The highest BCUT2D eigenvalue weighted by Gasteiger charge is 2.48. The summed E-state index contributed by atoms with van der Waals surface area (Å²) < 4.78 is 5.18. The van der Waals surface area contributed by atoms with Gasteiger partial charge < -0.3 is 21.0 Å². The number of ether oxygens (including phenoxy) is 1. The van der Waals surface area contributed by atoms with Gasteiger partial charge >= 0.3 is 0 Å². The molecule has 16 heavy (non-hydrogen) atoms. The number of rotatable bonds is 3. The van der Waals surface area contributed by atoms with Crippen molar-refractivity contribution in [3.05, 3.63) is 0 Å². The second kappa shape index (κ2) is 4.29. The molecule has 0 aromatic carbocycles. The van der Waals surface area contributed by atoms with Crippen molar-refractivity contribution in [2.75, 3.05) is 13.2 Å². The standard InChI is InChI=1S/C10H17N3O3/c11-8(13-15)10(3-1-4-10)9(14)12-7-2-5-16-6-7/h7,15H,1-6H2,(H2,11,13)(H,12,14). The summed E-state index contributed by atoms with van der Waals surface area (Å²) in [4.78, 5) is 12.1. The Bertz CT molecular complexity index is 306. The molecule has 2 aliphatic rings. The molecule has 90 valence electrons. The van der Waals surface area contributed by atoms with Gasteiger partial charge in [0.25, 0.3) is 0 Å². The highest BCUT2D eigenvalue weighted by atomic mass is 16.5. The molecule has 0 spiro atoms. The Kier molecular flexibility index (Phi) is 3.00. The van der Waals surface area contributed by atoms with Crippen molar-refractivity contribution in [1.29, 1.82) is 0 Å². The fourth-order valence-corrected chi connectivity index (χ4v) is 2.20. The number of hydrogen-bond donors (Lipinski definition) is 3. The maximum Gasteiger partial charge on any atom is 0.234 e. The maximum atomic E-state index is 12.1. The first-order chi connectivity index (χ1) is 7.69. The SMILES string of the molecule is NC(=NO)C1(C(=O)NC2CCOC2)CCC1. The summed E-state index contributed by atoms with van der Waals surface area (Å²) >= 11 is 0. The fourth-order valence-electron chi connectivity index (χ4n) is 2.20. The van der Waals surface area contributed by atoms with E-state index in [1.54, 1.807) is 0 Å². The molecule has 6 nitrogen and oxygen atoms in total.